The molecule has 1 atom stereocenters. The van der Waals surface area contributed by atoms with Crippen molar-refractivity contribution in [3.63, 3.8) is 0 Å². The molecule has 28 heavy (non-hydrogen) atoms. The third-order valence-corrected chi connectivity index (χ3v) is 6.75. The highest BCUT2D eigenvalue weighted by Gasteiger charge is 2.17. The molecule has 0 fully saturated rings. The molecule has 0 radical (unpaired) electrons. The normalized spacial score (nSPS) is 13.0. The number of hydrogen-bond donors (Lipinski definition) is 1. The van der Waals surface area contributed by atoms with Crippen LogP contribution in [0.25, 0.3) is 0 Å². The minimum Gasteiger partial charge on any atom is -0.345 e. The lowest BCUT2D eigenvalue weighted by Gasteiger charge is -2.19. The van der Waals surface area contributed by atoms with Gasteiger partial charge in [-0.3, -0.25) is 9.10 Å². The zero-order chi connectivity index (χ0) is 21.1. The summed E-state index contributed by atoms with van der Waals surface area (Å²) < 4.78 is 47.5. The quantitative estimate of drug-likeness (QED) is 0.735. The Morgan fingerprint density at radius 3 is 1.93 bits per heavy atom. The molecule has 0 heterocycles. The van der Waals surface area contributed by atoms with Crippen LogP contribution in [0.4, 0.5) is 5.69 Å². The van der Waals surface area contributed by atoms with Crippen LogP contribution in [0.15, 0.2) is 53.4 Å². The molecule has 1 unspecified atom stereocenters. The number of nitrogens with one attached hydrogen (secondary N) is 1. The van der Waals surface area contributed by atoms with Gasteiger partial charge in [0, 0.05) is 18.9 Å². The molecule has 1 amide bonds. The van der Waals surface area contributed by atoms with Gasteiger partial charge in [-0.1, -0.05) is 19.1 Å². The number of rotatable bonds is 7. The number of nitrogens with zero attached hydrogens (tertiary/aromatic N) is 1. The summed E-state index contributed by atoms with van der Waals surface area (Å²) in [7, 11) is -5.20. The molecule has 0 spiro atoms. The number of amides is 1. The van der Waals surface area contributed by atoms with Crippen molar-refractivity contribution in [2.45, 2.75) is 24.3 Å². The molecule has 2 rings (SSSR count). The highest BCUT2D eigenvalue weighted by molar-refractivity contribution is 7.92. The minimum atomic E-state index is -3.37. The predicted octanol–water partition coefficient (Wildman–Crippen LogP) is 2.37. The third kappa shape index (κ3) is 5.32. The van der Waals surface area contributed by atoms with Gasteiger partial charge in [-0.15, -0.1) is 0 Å². The van der Waals surface area contributed by atoms with Crippen molar-refractivity contribution in [1.82, 2.24) is 5.32 Å². The molecule has 0 aliphatic rings. The fourth-order valence-electron chi connectivity index (χ4n) is 2.62. The number of sulfone groups is 1. The summed E-state index contributed by atoms with van der Waals surface area (Å²) in [5, 5.41) is 2.92. The molecule has 1 N–H and O–H groups in total. The maximum Gasteiger partial charge on any atom is 0.251 e. The van der Waals surface area contributed by atoms with E-state index in [1.54, 1.807) is 36.4 Å². The van der Waals surface area contributed by atoms with Crippen LogP contribution in [0.5, 0.6) is 0 Å². The molecule has 152 valence electrons. The Morgan fingerprint density at radius 1 is 0.964 bits per heavy atom. The molecular weight excluding hydrogens is 400 g/mol. The van der Waals surface area contributed by atoms with Crippen LogP contribution in [0.2, 0.25) is 0 Å². The van der Waals surface area contributed by atoms with Gasteiger partial charge in [0.25, 0.3) is 5.91 Å². The number of anilines is 1. The van der Waals surface area contributed by atoms with Crippen LogP contribution >= 0.6 is 0 Å². The predicted molar refractivity (Wildman–Crippen MR) is 110 cm³/mol. The Bertz CT molecular complexity index is 1040. The van der Waals surface area contributed by atoms with Gasteiger partial charge in [0.15, 0.2) is 9.84 Å². The van der Waals surface area contributed by atoms with Crippen LogP contribution in [0, 0.1) is 0 Å². The van der Waals surface area contributed by atoms with Crippen LogP contribution < -0.4 is 9.62 Å². The van der Waals surface area contributed by atoms with Crippen molar-refractivity contribution in [3.8, 4) is 0 Å². The molecule has 9 heteroatoms. The average Bonchev–Trinajstić information content (AvgIpc) is 2.64. The van der Waals surface area contributed by atoms with E-state index >= 15 is 0 Å². The van der Waals surface area contributed by atoms with Crippen LogP contribution in [0.3, 0.4) is 0 Å². The molecule has 7 nitrogen and oxygen atoms in total. The van der Waals surface area contributed by atoms with Gasteiger partial charge in [-0.25, -0.2) is 16.8 Å². The van der Waals surface area contributed by atoms with E-state index in [9.17, 15) is 21.6 Å². The highest BCUT2D eigenvalue weighted by atomic mass is 32.2. The van der Waals surface area contributed by atoms with Crippen molar-refractivity contribution in [2.24, 2.45) is 0 Å². The van der Waals surface area contributed by atoms with Gasteiger partial charge in [0.05, 0.1) is 22.9 Å². The summed E-state index contributed by atoms with van der Waals surface area (Å²) in [5.41, 5.74) is 1.66. The second kappa shape index (κ2) is 8.32. The average molecular weight is 425 g/mol. The first kappa shape index (κ1) is 21.9. The molecule has 0 aromatic heterocycles. The number of sulfonamides is 1. The van der Waals surface area contributed by atoms with E-state index in [2.05, 4.69) is 5.32 Å². The van der Waals surface area contributed by atoms with Gasteiger partial charge in [0.2, 0.25) is 10.0 Å². The summed E-state index contributed by atoms with van der Waals surface area (Å²) in [6.45, 7) is 1.92. The Balaban J connectivity index is 2.16. The maximum atomic E-state index is 12.6. The summed E-state index contributed by atoms with van der Waals surface area (Å²) >= 11 is 0. The van der Waals surface area contributed by atoms with Gasteiger partial charge in [-0.2, -0.15) is 0 Å². The van der Waals surface area contributed by atoms with Gasteiger partial charge >= 0.3 is 0 Å². The van der Waals surface area contributed by atoms with Crippen molar-refractivity contribution >= 4 is 31.5 Å². The summed E-state index contributed by atoms with van der Waals surface area (Å²) in [4.78, 5) is 12.8. The highest BCUT2D eigenvalue weighted by Crippen LogP contribution is 2.21. The summed E-state index contributed by atoms with van der Waals surface area (Å²) in [6, 6.07) is 12.4. The molecule has 0 bridgehead atoms. The van der Waals surface area contributed by atoms with E-state index in [0.29, 0.717) is 17.7 Å². The van der Waals surface area contributed by atoms with E-state index in [-0.39, 0.29) is 16.8 Å². The SMILES string of the molecule is CCC(NC(=O)c1ccc(N(C)S(C)(=O)=O)cc1)c1ccc(S(C)(=O)=O)cc1. The van der Waals surface area contributed by atoms with Gasteiger partial charge in [0.1, 0.15) is 0 Å². The standard InChI is InChI=1S/C19H24N2O5S2/c1-5-18(14-8-12-17(13-9-14)27(3,23)24)20-19(22)15-6-10-16(11-7-15)21(2)28(4,25)26/h6-13,18H,5H2,1-4H3,(H,20,22). The van der Waals surface area contributed by atoms with Crippen molar-refractivity contribution in [2.75, 3.05) is 23.9 Å². The Kier molecular flexibility index (Phi) is 6.51. The Morgan fingerprint density at radius 2 is 1.50 bits per heavy atom. The van der Waals surface area contributed by atoms with Gasteiger partial charge in [-0.05, 0) is 48.4 Å². The van der Waals surface area contributed by atoms with Gasteiger partial charge < -0.3 is 5.32 Å². The van der Waals surface area contributed by atoms with Crippen LogP contribution in [-0.4, -0.2) is 42.3 Å². The first-order valence-electron chi connectivity index (χ1n) is 8.58. The zero-order valence-electron chi connectivity index (χ0n) is 16.2. The van der Waals surface area contributed by atoms with E-state index in [4.69, 9.17) is 0 Å². The van der Waals surface area contributed by atoms with E-state index in [0.717, 1.165) is 22.4 Å². The van der Waals surface area contributed by atoms with Crippen molar-refractivity contribution in [1.29, 1.82) is 0 Å². The molecule has 0 saturated heterocycles. The second-order valence-corrected chi connectivity index (χ2v) is 10.6. The minimum absolute atomic E-state index is 0.225. The maximum absolute atomic E-state index is 12.6. The first-order valence-corrected chi connectivity index (χ1v) is 12.3. The lowest BCUT2D eigenvalue weighted by molar-refractivity contribution is 0.0935. The molecule has 2 aromatic rings. The fourth-order valence-corrected chi connectivity index (χ4v) is 3.76. The lowest BCUT2D eigenvalue weighted by Crippen LogP contribution is -2.28. The second-order valence-electron chi connectivity index (χ2n) is 6.55. The number of hydrogen-bond acceptors (Lipinski definition) is 5. The van der Waals surface area contributed by atoms with Crippen LogP contribution in [0.1, 0.15) is 35.3 Å². The lowest BCUT2D eigenvalue weighted by atomic mass is 10.0. The molecule has 0 aliphatic heterocycles. The molecule has 0 aliphatic carbocycles. The Labute approximate surface area is 166 Å². The Hall–Kier alpha value is -2.39. The zero-order valence-corrected chi connectivity index (χ0v) is 17.8. The van der Waals surface area contributed by atoms with Crippen molar-refractivity contribution < 1.29 is 21.6 Å². The van der Waals surface area contributed by atoms with E-state index < -0.39 is 19.9 Å². The molecule has 0 saturated carbocycles. The summed E-state index contributed by atoms with van der Waals surface area (Å²) in [5.74, 6) is -0.299. The first-order chi connectivity index (χ1) is 12.9. The third-order valence-electron chi connectivity index (χ3n) is 4.41. The topological polar surface area (TPSA) is 101 Å². The monoisotopic (exact) mass is 424 g/mol. The van der Waals surface area contributed by atoms with Crippen LogP contribution in [-0.2, 0) is 19.9 Å². The number of carbonyl (C=O) groups is 1. The smallest absolute Gasteiger partial charge is 0.251 e. The largest absolute Gasteiger partial charge is 0.345 e. The van der Waals surface area contributed by atoms with E-state index in [1.807, 2.05) is 6.92 Å². The number of benzene rings is 2. The van der Waals surface area contributed by atoms with Crippen molar-refractivity contribution in [3.05, 3.63) is 59.7 Å². The summed E-state index contributed by atoms with van der Waals surface area (Å²) in [6.07, 6.45) is 2.87. The molecular formula is C19H24N2O5S2. The molecule has 2 aromatic carbocycles. The van der Waals surface area contributed by atoms with E-state index in [1.165, 1.54) is 19.2 Å². The number of carbonyl (C=O) groups excluding carboxylic acids is 1. The fraction of sp³-hybridized carbons (Fsp3) is 0.316.